The number of imidazole rings is 2. The molecule has 1 aliphatic heterocycles. The number of allylic oxidation sites excluding steroid dienone is 1. The van der Waals surface area contributed by atoms with E-state index in [4.69, 9.17) is 4.74 Å². The summed E-state index contributed by atoms with van der Waals surface area (Å²) in [6, 6.07) is 0. The van der Waals surface area contributed by atoms with Crippen molar-refractivity contribution in [3.63, 3.8) is 0 Å². The van der Waals surface area contributed by atoms with Crippen LogP contribution >= 0.6 is 0 Å². The SMILES string of the molecule is C=C(C)Cn1c(=O)c2c(nc3n(CCCN4CCOCC4)c(C)cn23)n(C)c1=O. The van der Waals surface area contributed by atoms with Crippen molar-refractivity contribution in [2.24, 2.45) is 7.05 Å². The van der Waals surface area contributed by atoms with Crippen molar-refractivity contribution in [3.05, 3.63) is 44.9 Å². The van der Waals surface area contributed by atoms with E-state index >= 15 is 0 Å². The van der Waals surface area contributed by atoms with Crippen LogP contribution in [-0.2, 0) is 24.9 Å². The van der Waals surface area contributed by atoms with Crippen molar-refractivity contribution in [1.82, 2.24) is 28.0 Å². The van der Waals surface area contributed by atoms with Gasteiger partial charge in [0.2, 0.25) is 5.78 Å². The van der Waals surface area contributed by atoms with Gasteiger partial charge in [-0.3, -0.25) is 23.2 Å². The van der Waals surface area contributed by atoms with Crippen LogP contribution in [-0.4, -0.2) is 60.8 Å². The van der Waals surface area contributed by atoms with E-state index in [1.54, 1.807) is 14.0 Å². The van der Waals surface area contributed by atoms with Crippen LogP contribution < -0.4 is 11.2 Å². The lowest BCUT2D eigenvalue weighted by Gasteiger charge is -2.26. The maximum atomic E-state index is 13.1. The standard InChI is InChI=1S/C20H28N6O3/c1-14(2)12-26-18(27)16-17(22(4)20(26)28)21-19-24(15(3)13-25(16)19)7-5-6-23-8-10-29-11-9-23/h13H,1,5-12H2,2-4H3. The molecule has 1 saturated heterocycles. The van der Waals surface area contributed by atoms with E-state index in [1.807, 2.05) is 17.5 Å². The molecule has 3 aromatic rings. The molecule has 0 N–H and O–H groups in total. The van der Waals surface area contributed by atoms with Crippen molar-refractivity contribution in [1.29, 1.82) is 0 Å². The first kappa shape index (κ1) is 19.7. The van der Waals surface area contributed by atoms with Crippen LogP contribution in [0.15, 0.2) is 27.9 Å². The van der Waals surface area contributed by atoms with Crippen molar-refractivity contribution < 1.29 is 4.74 Å². The highest BCUT2D eigenvalue weighted by Crippen LogP contribution is 2.17. The summed E-state index contributed by atoms with van der Waals surface area (Å²) in [6.45, 7) is 13.2. The molecule has 4 heterocycles. The number of nitrogens with zero attached hydrogens (tertiary/aromatic N) is 6. The molecule has 0 unspecified atom stereocenters. The van der Waals surface area contributed by atoms with E-state index in [2.05, 4.69) is 21.0 Å². The Morgan fingerprint density at radius 1 is 1.21 bits per heavy atom. The number of morpholine rings is 1. The lowest BCUT2D eigenvalue weighted by Crippen LogP contribution is -2.39. The number of fused-ring (bicyclic) bond motifs is 3. The molecule has 29 heavy (non-hydrogen) atoms. The number of hydrogen-bond donors (Lipinski definition) is 0. The van der Waals surface area contributed by atoms with Crippen LogP contribution in [0.25, 0.3) is 16.9 Å². The largest absolute Gasteiger partial charge is 0.379 e. The Balaban J connectivity index is 1.73. The molecule has 9 nitrogen and oxygen atoms in total. The molecule has 0 bridgehead atoms. The van der Waals surface area contributed by atoms with Gasteiger partial charge in [-0.15, -0.1) is 0 Å². The summed E-state index contributed by atoms with van der Waals surface area (Å²) in [4.78, 5) is 32.8. The summed E-state index contributed by atoms with van der Waals surface area (Å²) in [5.74, 6) is 0.694. The minimum atomic E-state index is -0.373. The van der Waals surface area contributed by atoms with Crippen LogP contribution in [0.4, 0.5) is 0 Å². The van der Waals surface area contributed by atoms with Crippen LogP contribution in [0.1, 0.15) is 19.0 Å². The number of aromatic nitrogens is 5. The zero-order chi connectivity index (χ0) is 20.7. The molecule has 4 rings (SSSR count). The van der Waals surface area contributed by atoms with Crippen molar-refractivity contribution in [2.45, 2.75) is 33.4 Å². The Hall–Kier alpha value is -2.65. The Morgan fingerprint density at radius 3 is 2.62 bits per heavy atom. The number of ether oxygens (including phenoxy) is 1. The molecule has 0 spiro atoms. The fourth-order valence-electron chi connectivity index (χ4n) is 4.02. The zero-order valence-corrected chi connectivity index (χ0v) is 17.3. The van der Waals surface area contributed by atoms with Gasteiger partial charge in [-0.25, -0.2) is 4.79 Å². The molecular formula is C20H28N6O3. The highest BCUT2D eigenvalue weighted by Gasteiger charge is 2.20. The van der Waals surface area contributed by atoms with Gasteiger partial charge in [0.15, 0.2) is 11.2 Å². The van der Waals surface area contributed by atoms with Gasteiger partial charge in [0.1, 0.15) is 0 Å². The van der Waals surface area contributed by atoms with Gasteiger partial charge < -0.3 is 9.30 Å². The van der Waals surface area contributed by atoms with Crippen molar-refractivity contribution in [2.75, 3.05) is 32.8 Å². The van der Waals surface area contributed by atoms with Crippen LogP contribution in [0.5, 0.6) is 0 Å². The van der Waals surface area contributed by atoms with Gasteiger partial charge in [0.25, 0.3) is 5.56 Å². The highest BCUT2D eigenvalue weighted by atomic mass is 16.5. The summed E-state index contributed by atoms with van der Waals surface area (Å²) in [5.41, 5.74) is 1.93. The average Bonchev–Trinajstić information content (AvgIpc) is 3.20. The van der Waals surface area contributed by atoms with Gasteiger partial charge >= 0.3 is 5.69 Å². The Kier molecular flexibility index (Phi) is 5.18. The monoisotopic (exact) mass is 400 g/mol. The minimum Gasteiger partial charge on any atom is -0.379 e. The fourth-order valence-corrected chi connectivity index (χ4v) is 4.02. The maximum absolute atomic E-state index is 13.1. The van der Waals surface area contributed by atoms with Gasteiger partial charge in [-0.05, 0) is 20.3 Å². The van der Waals surface area contributed by atoms with Crippen molar-refractivity contribution in [3.8, 4) is 0 Å². The Morgan fingerprint density at radius 2 is 1.93 bits per heavy atom. The smallest absolute Gasteiger partial charge is 0.332 e. The molecule has 0 aromatic carbocycles. The van der Waals surface area contributed by atoms with E-state index in [1.165, 1.54) is 9.13 Å². The van der Waals surface area contributed by atoms with E-state index in [0.717, 1.165) is 57.1 Å². The molecule has 0 radical (unpaired) electrons. The first-order chi connectivity index (χ1) is 13.9. The van der Waals surface area contributed by atoms with E-state index in [0.29, 0.717) is 16.9 Å². The normalized spacial score (nSPS) is 15.6. The topological polar surface area (TPSA) is 78.7 Å². The molecule has 0 saturated carbocycles. The van der Waals surface area contributed by atoms with E-state index < -0.39 is 0 Å². The summed E-state index contributed by atoms with van der Waals surface area (Å²) < 4.78 is 12.0. The molecule has 0 atom stereocenters. The summed E-state index contributed by atoms with van der Waals surface area (Å²) >= 11 is 0. The molecule has 0 aliphatic carbocycles. The lowest BCUT2D eigenvalue weighted by molar-refractivity contribution is 0.0369. The predicted octanol–water partition coefficient (Wildman–Crippen LogP) is 0.756. The zero-order valence-electron chi connectivity index (χ0n) is 17.3. The van der Waals surface area contributed by atoms with Crippen LogP contribution in [0, 0.1) is 6.92 Å². The number of hydrogen-bond acceptors (Lipinski definition) is 5. The summed E-state index contributed by atoms with van der Waals surface area (Å²) in [5, 5.41) is 0. The molecular weight excluding hydrogens is 372 g/mol. The Labute approximate surface area is 168 Å². The lowest BCUT2D eigenvalue weighted by atomic mass is 10.3. The molecule has 9 heteroatoms. The predicted molar refractivity (Wildman–Crippen MR) is 112 cm³/mol. The third-order valence-corrected chi connectivity index (χ3v) is 5.53. The van der Waals surface area contributed by atoms with E-state index in [9.17, 15) is 9.59 Å². The second-order valence-corrected chi connectivity index (χ2v) is 7.87. The van der Waals surface area contributed by atoms with Crippen molar-refractivity contribution >= 4 is 16.9 Å². The third-order valence-electron chi connectivity index (χ3n) is 5.53. The quantitative estimate of drug-likeness (QED) is 0.571. The van der Waals surface area contributed by atoms with Gasteiger partial charge in [-0.1, -0.05) is 12.2 Å². The number of rotatable bonds is 6. The second-order valence-electron chi connectivity index (χ2n) is 7.87. The average molecular weight is 400 g/mol. The Bertz CT molecular complexity index is 1190. The fraction of sp³-hybridized carbons (Fsp3) is 0.550. The maximum Gasteiger partial charge on any atom is 0.332 e. The second kappa shape index (κ2) is 7.64. The molecule has 1 aliphatic rings. The molecule has 1 fully saturated rings. The first-order valence-corrected chi connectivity index (χ1v) is 10.0. The highest BCUT2D eigenvalue weighted by molar-refractivity contribution is 5.75. The van der Waals surface area contributed by atoms with Crippen LogP contribution in [0.3, 0.4) is 0 Å². The molecule has 3 aromatic heterocycles. The third kappa shape index (κ3) is 3.44. The minimum absolute atomic E-state index is 0.202. The van der Waals surface area contributed by atoms with Gasteiger partial charge in [-0.2, -0.15) is 4.98 Å². The molecule has 0 amide bonds. The van der Waals surface area contributed by atoms with E-state index in [-0.39, 0.29) is 17.8 Å². The first-order valence-electron chi connectivity index (χ1n) is 10.0. The van der Waals surface area contributed by atoms with Crippen LogP contribution in [0.2, 0.25) is 0 Å². The van der Waals surface area contributed by atoms with Gasteiger partial charge in [0.05, 0.1) is 19.8 Å². The summed E-state index contributed by atoms with van der Waals surface area (Å²) in [7, 11) is 1.65. The van der Waals surface area contributed by atoms with Gasteiger partial charge in [0, 0.05) is 45.1 Å². The molecule has 156 valence electrons. The number of aryl methyl sites for hydroxylation is 3. The summed E-state index contributed by atoms with van der Waals surface area (Å²) in [6.07, 6.45) is 2.91.